The van der Waals surface area contributed by atoms with Crippen LogP contribution >= 0.6 is 7.94 Å². The molecule has 0 amide bonds. The van der Waals surface area contributed by atoms with Crippen LogP contribution in [0.25, 0.3) is 0 Å². The Hall–Kier alpha value is -2.12. The highest BCUT2D eigenvalue weighted by Gasteiger charge is 2.84. The lowest BCUT2D eigenvalue weighted by atomic mass is 9.99. The van der Waals surface area contributed by atoms with Gasteiger partial charge in [-0.3, -0.25) is 0 Å². The van der Waals surface area contributed by atoms with Crippen LogP contribution in [0.3, 0.4) is 0 Å². The molecule has 0 aliphatic rings. The van der Waals surface area contributed by atoms with Gasteiger partial charge in [-0.15, -0.1) is 0 Å². The van der Waals surface area contributed by atoms with E-state index >= 15 is 0 Å². The Balaban J connectivity index is 3.47. The smallest absolute Gasteiger partial charge is 0.471 e. The lowest BCUT2D eigenvalue weighted by Crippen LogP contribution is -2.62. The maximum Gasteiger partial charge on any atom is 0.471 e. The van der Waals surface area contributed by atoms with Crippen molar-refractivity contribution in [2.24, 2.45) is 0 Å². The fraction of sp³-hybridized carbons (Fsp3) is 0.500. The lowest BCUT2D eigenvalue weighted by Gasteiger charge is -2.42. The monoisotopic (exact) mass is 616 g/mol. The predicted octanol–water partition coefficient (Wildman–Crippen LogP) is 4.89. The van der Waals surface area contributed by atoms with E-state index in [0.717, 1.165) is 0 Å². The molecule has 1 aromatic carbocycles. The van der Waals surface area contributed by atoms with Gasteiger partial charge in [0.25, 0.3) is 0 Å². The summed E-state index contributed by atoms with van der Waals surface area (Å²) in [5.41, 5.74) is -0.513. The molecule has 0 spiro atoms. The van der Waals surface area contributed by atoms with Crippen LogP contribution in [0.1, 0.15) is 5.56 Å². The van der Waals surface area contributed by atoms with Crippen LogP contribution in [0.5, 0.6) is 5.75 Å². The summed E-state index contributed by atoms with van der Waals surface area (Å²) in [7, 11) is -5.27. The van der Waals surface area contributed by atoms with E-state index < -0.39 is 79.0 Å². The summed E-state index contributed by atoms with van der Waals surface area (Å²) in [4.78, 5) is 31.7. The highest BCUT2D eigenvalue weighted by molar-refractivity contribution is 7.53. The third kappa shape index (κ3) is 5.89. The summed E-state index contributed by atoms with van der Waals surface area (Å²) < 4.78 is 227. The summed E-state index contributed by atoms with van der Waals surface area (Å²) >= 11 is 0. The summed E-state index contributed by atoms with van der Waals surface area (Å²) in [5, 5.41) is 0. The molecule has 0 saturated carbocycles. The fourth-order valence-corrected chi connectivity index (χ4v) is 2.87. The van der Waals surface area contributed by atoms with Gasteiger partial charge in [0, 0.05) is 0 Å². The zero-order valence-corrected chi connectivity index (χ0v) is 17.9. The maximum absolute atomic E-state index is 13.7. The molecule has 0 fully saturated rings. The van der Waals surface area contributed by atoms with Crippen molar-refractivity contribution >= 4 is 7.94 Å². The maximum atomic E-state index is 13.7. The molecule has 0 atom stereocenters. The van der Waals surface area contributed by atoms with Crippen molar-refractivity contribution in [3.63, 3.8) is 0 Å². The molecule has 220 valence electrons. The number of ether oxygens (including phenoxy) is 1. The molecule has 0 N–H and O–H groups in total. The average Bonchev–Trinajstić information content (AvgIpc) is 2.71. The standard InChI is InChI=1S/C16H8F17O4P/c17-8(10(19,20)12(23,24)14(27,28)15(29,30)31)9(18)11(21,22)13(25,26)16(32,33)37-7-3-1-6(2-4-7)5-38(34,35)36/h1-4H,5H2,(H2,34,35,36)/p-2/b9-8+. The normalized spacial score (nSPS) is 15.9. The molecule has 0 aromatic heterocycles. The summed E-state index contributed by atoms with van der Waals surface area (Å²) in [6, 6.07) is 1.06. The molecule has 0 aliphatic carbocycles. The molecule has 1 rings (SSSR count). The third-order valence-corrected chi connectivity index (χ3v) is 4.95. The molecule has 0 bridgehead atoms. The van der Waals surface area contributed by atoms with Crippen LogP contribution in [0.2, 0.25) is 0 Å². The Labute approximate surface area is 198 Å². The van der Waals surface area contributed by atoms with E-state index in [1.165, 1.54) is 0 Å². The Morgan fingerprint density at radius 1 is 0.605 bits per heavy atom. The summed E-state index contributed by atoms with van der Waals surface area (Å²) in [6.07, 6.45) is -15.8. The van der Waals surface area contributed by atoms with Gasteiger partial charge < -0.3 is 19.4 Å². The van der Waals surface area contributed by atoms with Crippen LogP contribution < -0.4 is 19.4 Å². The van der Waals surface area contributed by atoms with Crippen LogP contribution in [0.15, 0.2) is 35.9 Å². The molecule has 22 heteroatoms. The molecule has 0 aliphatic heterocycles. The number of alkyl halides is 15. The number of hydrogen-bond acceptors (Lipinski definition) is 4. The van der Waals surface area contributed by atoms with Crippen LogP contribution in [0, 0.1) is 0 Å². The number of hydrogen-bond donors (Lipinski definition) is 0. The van der Waals surface area contributed by atoms with Crippen molar-refractivity contribution in [2.45, 2.75) is 48.1 Å². The number of rotatable bonds is 10. The SMILES string of the molecule is [O-][P+]([O-])([O-])Cc1ccc(OC(F)(F)C(F)(F)C(F)(F)/C(F)=C(\F)C(F)(F)C(F)(F)C(F)(F)C(F)(F)F)cc1. The minimum absolute atomic E-state index is 0.119. The third-order valence-electron chi connectivity index (χ3n) is 4.19. The average molecular weight is 616 g/mol. The van der Waals surface area contributed by atoms with Crippen LogP contribution in [-0.2, 0) is 6.16 Å². The summed E-state index contributed by atoms with van der Waals surface area (Å²) in [6.45, 7) is 0. The van der Waals surface area contributed by atoms with Gasteiger partial charge in [0.15, 0.2) is 0 Å². The van der Waals surface area contributed by atoms with Gasteiger partial charge in [0.05, 0.1) is 6.16 Å². The van der Waals surface area contributed by atoms with E-state index in [4.69, 9.17) is 0 Å². The van der Waals surface area contributed by atoms with Crippen molar-refractivity contribution in [1.82, 2.24) is 0 Å². The Bertz CT molecular complexity index is 1030. The molecule has 0 saturated heterocycles. The van der Waals surface area contributed by atoms with Gasteiger partial charge in [-0.05, 0) is 17.7 Å². The Morgan fingerprint density at radius 2 is 0.974 bits per heavy atom. The number of allylic oxidation sites excluding steroid dienone is 2. The van der Waals surface area contributed by atoms with E-state index in [-0.39, 0.29) is 12.1 Å². The second-order valence-electron chi connectivity index (χ2n) is 7.03. The van der Waals surface area contributed by atoms with E-state index in [1.54, 1.807) is 0 Å². The van der Waals surface area contributed by atoms with Gasteiger partial charge in [-0.25, -0.2) is 8.78 Å². The largest absolute Gasteiger partial charge is 0.687 e. The van der Waals surface area contributed by atoms with Crippen molar-refractivity contribution in [3.8, 4) is 5.75 Å². The molecular formula is C16H6F17O4P-2. The highest BCUT2D eigenvalue weighted by Crippen LogP contribution is 2.58. The number of benzene rings is 1. The van der Waals surface area contributed by atoms with E-state index in [0.29, 0.717) is 12.1 Å². The molecule has 38 heavy (non-hydrogen) atoms. The first-order valence-corrected chi connectivity index (χ1v) is 10.4. The Morgan fingerprint density at radius 3 is 1.32 bits per heavy atom. The first-order valence-electron chi connectivity index (χ1n) is 8.66. The zero-order chi connectivity index (χ0) is 30.6. The minimum atomic E-state index is -8.16. The van der Waals surface area contributed by atoms with Gasteiger partial charge in [0.2, 0.25) is 11.7 Å². The number of halogens is 17. The fourth-order valence-electron chi connectivity index (χ4n) is 2.21. The van der Waals surface area contributed by atoms with Gasteiger partial charge >= 0.3 is 41.9 Å². The molecular weight excluding hydrogens is 610 g/mol. The lowest BCUT2D eigenvalue weighted by molar-refractivity contribution is -0.428. The quantitative estimate of drug-likeness (QED) is 0.277. The first-order chi connectivity index (χ1) is 16.5. The van der Waals surface area contributed by atoms with Crippen LogP contribution in [-0.4, -0.2) is 41.9 Å². The molecule has 0 radical (unpaired) electrons. The van der Waals surface area contributed by atoms with Crippen molar-refractivity contribution in [2.75, 3.05) is 0 Å². The van der Waals surface area contributed by atoms with Crippen LogP contribution in [0.4, 0.5) is 74.6 Å². The molecule has 0 heterocycles. The molecule has 0 unspecified atom stereocenters. The second-order valence-corrected chi connectivity index (χ2v) is 8.57. The van der Waals surface area contributed by atoms with E-state index in [1.807, 2.05) is 0 Å². The molecule has 1 aromatic rings. The van der Waals surface area contributed by atoms with Crippen molar-refractivity contribution in [3.05, 3.63) is 41.5 Å². The Kier molecular flexibility index (Phi) is 8.75. The van der Waals surface area contributed by atoms with E-state index in [2.05, 4.69) is 4.74 Å². The van der Waals surface area contributed by atoms with Crippen molar-refractivity contribution in [1.29, 1.82) is 0 Å². The van der Waals surface area contributed by atoms with E-state index in [9.17, 15) is 89.3 Å². The molecule has 4 nitrogen and oxygen atoms in total. The second kappa shape index (κ2) is 9.81. The topological polar surface area (TPSA) is 78.4 Å². The summed E-state index contributed by atoms with van der Waals surface area (Å²) in [5.74, 6) is -51.6. The minimum Gasteiger partial charge on any atom is -0.687 e. The van der Waals surface area contributed by atoms with Gasteiger partial charge in [0.1, 0.15) is 5.75 Å². The van der Waals surface area contributed by atoms with Gasteiger partial charge in [-0.2, -0.15) is 73.8 Å². The zero-order valence-electron chi connectivity index (χ0n) is 17.0. The first kappa shape index (κ1) is 33.9. The van der Waals surface area contributed by atoms with Crippen molar-refractivity contribution < 1.29 is 94.1 Å². The highest BCUT2D eigenvalue weighted by atomic mass is 31.2. The van der Waals surface area contributed by atoms with Gasteiger partial charge in [-0.1, -0.05) is 12.1 Å². The predicted molar refractivity (Wildman–Crippen MR) is 82.7 cm³/mol.